The molecule has 0 aromatic carbocycles. The molecule has 5 nitrogen and oxygen atoms in total. The molecule has 8 bridgehead atoms. The Hall–Kier alpha value is -2.30. The highest BCUT2D eigenvalue weighted by Gasteiger charge is 3.25. The Bertz CT molecular complexity index is 1720. The van der Waals surface area contributed by atoms with Gasteiger partial charge in [0.2, 0.25) is 0 Å². The molecule has 8 saturated carbocycles. The first-order valence-electron chi connectivity index (χ1n) is 15.9. The van der Waals surface area contributed by atoms with Crippen LogP contribution in [0.4, 0.5) is 132 Å². The Balaban J connectivity index is 1.20. The molecule has 0 saturated heterocycles. The Morgan fingerprint density at radius 1 is 0.290 bits per heavy atom. The van der Waals surface area contributed by atoms with E-state index < -0.39 is 161 Å². The third-order valence-corrected chi connectivity index (χ3v) is 12.3. The average molecular weight is 988 g/mol. The fourth-order valence-corrected chi connectivity index (χ4v) is 9.09. The predicted octanol–water partition coefficient (Wildman–Crippen LogP) is 7.58. The van der Waals surface area contributed by atoms with E-state index in [0.717, 1.165) is 0 Å². The highest BCUT2D eigenvalue weighted by molar-refractivity contribution is 5.56. The number of halogens is 30. The average Bonchev–Trinajstić information content (AvgIpc) is 3.11. The van der Waals surface area contributed by atoms with Gasteiger partial charge in [0.25, 0.3) is 5.60 Å². The molecule has 2 unspecified atom stereocenters. The minimum atomic E-state index is -8.21. The van der Waals surface area contributed by atoms with Crippen LogP contribution >= 0.6 is 0 Å². The zero-order valence-corrected chi connectivity index (χ0v) is 28.1. The number of hydrogen-bond donors (Lipinski definition) is 2. The Morgan fingerprint density at radius 2 is 0.532 bits per heavy atom. The smallest absolute Gasteiger partial charge is 0.339 e. The molecule has 8 aliphatic carbocycles. The van der Waals surface area contributed by atoms with Crippen molar-refractivity contribution in [1.29, 1.82) is 0 Å². The molecule has 8 rings (SSSR count). The highest BCUT2D eigenvalue weighted by atomic mass is 19.4. The van der Waals surface area contributed by atoms with Crippen molar-refractivity contribution in [2.24, 2.45) is 0 Å². The molecule has 2 N–H and O–H groups in total. The molecule has 0 spiro atoms. The van der Waals surface area contributed by atoms with Crippen LogP contribution in [-0.4, -0.2) is 165 Å². The molecule has 362 valence electrons. The number of alkyl halides is 30. The van der Waals surface area contributed by atoms with Gasteiger partial charge in [-0.1, -0.05) is 0 Å². The normalized spacial score (nSPS) is 49.7. The molecule has 0 aromatic heterocycles. The monoisotopic (exact) mass is 988 g/mol. The van der Waals surface area contributed by atoms with Crippen molar-refractivity contribution in [2.75, 3.05) is 26.4 Å². The predicted molar refractivity (Wildman–Crippen MR) is 127 cm³/mol. The summed E-state index contributed by atoms with van der Waals surface area (Å²) in [7, 11) is 0. The van der Waals surface area contributed by atoms with E-state index in [1.54, 1.807) is 0 Å². The van der Waals surface area contributed by atoms with Crippen LogP contribution in [0.15, 0.2) is 0 Å². The van der Waals surface area contributed by atoms with Gasteiger partial charge in [-0.3, -0.25) is 0 Å². The van der Waals surface area contributed by atoms with Crippen LogP contribution in [0, 0.1) is 0 Å². The van der Waals surface area contributed by atoms with Gasteiger partial charge in [-0.2, -0.15) is 96.6 Å². The van der Waals surface area contributed by atoms with E-state index in [-0.39, 0.29) is 0 Å². The van der Waals surface area contributed by atoms with E-state index >= 15 is 52.7 Å². The van der Waals surface area contributed by atoms with E-state index in [2.05, 4.69) is 14.2 Å². The van der Waals surface area contributed by atoms with Gasteiger partial charge in [0.05, 0.1) is 25.9 Å². The summed E-state index contributed by atoms with van der Waals surface area (Å²) in [6.07, 6.45) is -8.33. The third-order valence-electron chi connectivity index (χ3n) is 12.3. The van der Waals surface area contributed by atoms with Crippen molar-refractivity contribution in [3.8, 4) is 0 Å². The first-order valence-corrected chi connectivity index (χ1v) is 15.9. The maximum absolute atomic E-state index is 15.8. The second-order valence-electron chi connectivity index (χ2n) is 15.0. The van der Waals surface area contributed by atoms with E-state index in [1.807, 2.05) is 0 Å². The summed E-state index contributed by atoms with van der Waals surface area (Å²) in [5.41, 5.74) is -64.0. The Morgan fingerprint density at radius 3 is 0.823 bits per heavy atom. The van der Waals surface area contributed by atoms with Crippen molar-refractivity contribution in [3.63, 3.8) is 0 Å². The minimum Gasteiger partial charge on any atom is -0.391 e. The second-order valence-corrected chi connectivity index (χ2v) is 15.0. The SMILES string of the molecule is OC(CCOCC(O)COC12C(F)(F)C3(F)C(F)(F)C(F)(C(F)(F)C(F)(C3(F)F)C1(F)F)C2(F)F)COC1(F)C2(F)C(F)(F)C3(F)C(F)(F)C(F)(C2(F)F)C(F)(F)C1(F)C3(F)F. The van der Waals surface area contributed by atoms with E-state index in [4.69, 9.17) is 0 Å². The van der Waals surface area contributed by atoms with Crippen molar-refractivity contribution < 1.29 is 156 Å². The van der Waals surface area contributed by atoms with Crippen LogP contribution in [-0.2, 0) is 14.2 Å². The summed E-state index contributed by atoms with van der Waals surface area (Å²) < 4.78 is 458. The molecule has 8 fully saturated rings. The standard InChI is InChI=1S/C27H14F30O5/c28-8-16(35,36)9(29)22(47,48)13(33,20(8,43)44)27(57,14(34,21(8,45)46)23(9,49)50)62-4-6(58)1-2-60-3-7(59)5-61-15-24(51,52)10(30)17(37,38)11(31,25(15,53)54)19(41,42)12(32,18(10,39)40)26(15,55)56/h6-7,58-59H,1-5H2. The molecule has 35 heteroatoms. The zero-order chi connectivity index (χ0) is 48.8. The topological polar surface area (TPSA) is 68.2 Å². The molecule has 0 aliphatic heterocycles. The minimum absolute atomic E-state index is 1.71. The summed E-state index contributed by atoms with van der Waals surface area (Å²) >= 11 is 0. The number of ether oxygens (including phenoxy) is 3. The molecule has 2 atom stereocenters. The maximum Gasteiger partial charge on any atom is 0.339 e. The fourth-order valence-electron chi connectivity index (χ4n) is 9.09. The van der Waals surface area contributed by atoms with Crippen LogP contribution in [0.3, 0.4) is 0 Å². The molecule has 8 aliphatic rings. The van der Waals surface area contributed by atoms with E-state index in [1.165, 1.54) is 0 Å². The highest BCUT2D eigenvalue weighted by Crippen LogP contribution is 2.91. The first-order chi connectivity index (χ1) is 27.0. The first kappa shape index (κ1) is 49.1. The van der Waals surface area contributed by atoms with Crippen LogP contribution in [0.2, 0.25) is 0 Å². The van der Waals surface area contributed by atoms with Crippen LogP contribution in [0.25, 0.3) is 0 Å². The molecular weight excluding hydrogens is 974 g/mol. The Labute approximate surface area is 318 Å². The lowest BCUT2D eigenvalue weighted by Gasteiger charge is -2.74. The van der Waals surface area contributed by atoms with Gasteiger partial charge in [0.1, 0.15) is 6.10 Å². The van der Waals surface area contributed by atoms with E-state index in [9.17, 15) is 89.2 Å². The summed E-state index contributed by atoms with van der Waals surface area (Å²) in [6.45, 7) is -9.68. The van der Waals surface area contributed by atoms with Crippen LogP contribution in [0.5, 0.6) is 0 Å². The third kappa shape index (κ3) is 3.43. The molecule has 62 heavy (non-hydrogen) atoms. The number of rotatable bonds is 11. The van der Waals surface area contributed by atoms with Gasteiger partial charge in [-0.15, -0.1) is 0 Å². The summed E-state index contributed by atoms with van der Waals surface area (Å²) in [6, 6.07) is 0. The van der Waals surface area contributed by atoms with Gasteiger partial charge < -0.3 is 24.4 Å². The lowest BCUT2D eigenvalue weighted by atomic mass is 9.40. The molecular formula is C27H14F30O5. The number of hydrogen-bond acceptors (Lipinski definition) is 5. The summed E-state index contributed by atoms with van der Waals surface area (Å²) in [5.74, 6) is -97.4. The van der Waals surface area contributed by atoms with Crippen molar-refractivity contribution in [1.82, 2.24) is 0 Å². The summed E-state index contributed by atoms with van der Waals surface area (Å²) in [4.78, 5) is 0. The van der Waals surface area contributed by atoms with Crippen LogP contribution in [0.1, 0.15) is 6.42 Å². The molecule has 0 amide bonds. The Kier molecular flexibility index (Phi) is 8.93. The maximum atomic E-state index is 15.8. The van der Waals surface area contributed by atoms with Gasteiger partial charge in [-0.05, 0) is 6.42 Å². The lowest BCUT2D eigenvalue weighted by Crippen LogP contribution is -3.10. The number of aliphatic hydroxyl groups is 2. The molecule has 0 heterocycles. The van der Waals surface area contributed by atoms with Gasteiger partial charge in [0.15, 0.2) is 0 Å². The summed E-state index contributed by atoms with van der Waals surface area (Å²) in [5, 5.41) is 19.5. The van der Waals surface area contributed by atoms with Gasteiger partial charge in [-0.25, -0.2) is 35.1 Å². The second kappa shape index (κ2) is 11.3. The lowest BCUT2D eigenvalue weighted by molar-refractivity contribution is -0.619. The molecule has 0 radical (unpaired) electrons. The van der Waals surface area contributed by atoms with Crippen molar-refractivity contribution in [2.45, 2.75) is 135 Å². The van der Waals surface area contributed by atoms with Crippen molar-refractivity contribution in [3.05, 3.63) is 0 Å². The quantitative estimate of drug-likeness (QED) is 0.165. The van der Waals surface area contributed by atoms with Gasteiger partial charge >= 0.3 is 111 Å². The largest absolute Gasteiger partial charge is 0.391 e. The molecule has 0 aromatic rings. The van der Waals surface area contributed by atoms with Gasteiger partial charge in [0, 0.05) is 6.61 Å². The zero-order valence-electron chi connectivity index (χ0n) is 28.1. The fraction of sp³-hybridized carbons (Fsp3) is 1.00. The van der Waals surface area contributed by atoms with E-state index in [0.29, 0.717) is 0 Å². The van der Waals surface area contributed by atoms with Crippen LogP contribution < -0.4 is 0 Å². The van der Waals surface area contributed by atoms with Crippen molar-refractivity contribution >= 4 is 0 Å². The number of aliphatic hydroxyl groups excluding tert-OH is 2.